The summed E-state index contributed by atoms with van der Waals surface area (Å²) in [5, 5.41) is 0. The number of piperidine rings is 1. The molecule has 1 saturated heterocycles. The topological polar surface area (TPSA) is 46.3 Å². The van der Waals surface area contributed by atoms with Gasteiger partial charge < -0.3 is 5.73 Å². The van der Waals surface area contributed by atoms with Crippen molar-refractivity contribution in [3.05, 3.63) is 35.9 Å². The molecule has 0 saturated carbocycles. The van der Waals surface area contributed by atoms with Crippen LogP contribution in [-0.2, 0) is 4.79 Å². The maximum Gasteiger partial charge on any atom is 0.239 e. The molecule has 1 unspecified atom stereocenters. The van der Waals surface area contributed by atoms with Gasteiger partial charge in [0.25, 0.3) is 0 Å². The molecule has 0 radical (unpaired) electrons. The van der Waals surface area contributed by atoms with Crippen LogP contribution in [0.5, 0.6) is 0 Å². The van der Waals surface area contributed by atoms with Crippen LogP contribution in [0.3, 0.4) is 0 Å². The van der Waals surface area contributed by atoms with Crippen molar-refractivity contribution in [3.63, 3.8) is 0 Å². The first-order valence-electron chi connectivity index (χ1n) is 5.87. The van der Waals surface area contributed by atoms with E-state index in [2.05, 4.69) is 4.90 Å². The monoisotopic (exact) mass is 254 g/mol. The summed E-state index contributed by atoms with van der Waals surface area (Å²) in [4.78, 5) is 13.8. The van der Waals surface area contributed by atoms with E-state index in [1.165, 1.54) is 6.42 Å². The molecule has 17 heavy (non-hydrogen) atoms. The Morgan fingerprint density at radius 2 is 1.71 bits per heavy atom. The molecule has 1 aliphatic heterocycles. The van der Waals surface area contributed by atoms with Crippen molar-refractivity contribution >= 4 is 18.3 Å². The van der Waals surface area contributed by atoms with E-state index in [4.69, 9.17) is 5.73 Å². The zero-order valence-electron chi connectivity index (χ0n) is 9.84. The van der Waals surface area contributed by atoms with Crippen LogP contribution in [0.25, 0.3) is 0 Å². The standard InChI is InChI=1S/C13H18N2O.ClH/c14-13(16)12(11-7-3-1-4-8-11)15-9-5-2-6-10-15;/h1,3-4,7-8,12H,2,5-6,9-10H2,(H2,14,16);1H. The number of hydrogen-bond donors (Lipinski definition) is 1. The maximum absolute atomic E-state index is 11.6. The van der Waals surface area contributed by atoms with E-state index in [9.17, 15) is 4.79 Å². The smallest absolute Gasteiger partial charge is 0.239 e. The Bertz CT molecular complexity index is 350. The van der Waals surface area contributed by atoms with Gasteiger partial charge in [0.2, 0.25) is 5.91 Å². The number of halogens is 1. The van der Waals surface area contributed by atoms with Crippen molar-refractivity contribution in [3.8, 4) is 0 Å². The summed E-state index contributed by atoms with van der Waals surface area (Å²) in [5.41, 5.74) is 6.53. The first-order chi connectivity index (χ1) is 7.79. The van der Waals surface area contributed by atoms with Crippen LogP contribution in [0.15, 0.2) is 30.3 Å². The van der Waals surface area contributed by atoms with Crippen molar-refractivity contribution in [1.29, 1.82) is 0 Å². The second kappa shape index (κ2) is 6.62. The Morgan fingerprint density at radius 3 is 2.24 bits per heavy atom. The third-order valence-electron chi connectivity index (χ3n) is 3.14. The zero-order chi connectivity index (χ0) is 11.4. The van der Waals surface area contributed by atoms with E-state index >= 15 is 0 Å². The summed E-state index contributed by atoms with van der Waals surface area (Å²) in [6.45, 7) is 1.95. The van der Waals surface area contributed by atoms with Crippen molar-refractivity contribution in [2.24, 2.45) is 5.73 Å². The van der Waals surface area contributed by atoms with Gasteiger partial charge in [-0.15, -0.1) is 12.4 Å². The first kappa shape index (κ1) is 14.0. The summed E-state index contributed by atoms with van der Waals surface area (Å²) in [5.74, 6) is -0.242. The zero-order valence-corrected chi connectivity index (χ0v) is 10.7. The fourth-order valence-electron chi connectivity index (χ4n) is 2.37. The average Bonchev–Trinajstić information content (AvgIpc) is 2.31. The average molecular weight is 255 g/mol. The van der Waals surface area contributed by atoms with E-state index in [1.807, 2.05) is 30.3 Å². The summed E-state index contributed by atoms with van der Waals surface area (Å²) in [6, 6.07) is 9.57. The predicted molar refractivity (Wildman–Crippen MR) is 71.0 cm³/mol. The van der Waals surface area contributed by atoms with Gasteiger partial charge >= 0.3 is 0 Å². The van der Waals surface area contributed by atoms with Crippen LogP contribution in [0, 0.1) is 0 Å². The van der Waals surface area contributed by atoms with E-state index in [0.29, 0.717) is 0 Å². The Labute approximate surface area is 108 Å². The Morgan fingerprint density at radius 1 is 1.12 bits per heavy atom. The molecule has 0 bridgehead atoms. The molecule has 1 aromatic rings. The highest BCUT2D eigenvalue weighted by molar-refractivity contribution is 5.85. The van der Waals surface area contributed by atoms with Crippen molar-refractivity contribution in [1.82, 2.24) is 4.90 Å². The largest absolute Gasteiger partial charge is 0.368 e. The summed E-state index contributed by atoms with van der Waals surface area (Å²) in [6.07, 6.45) is 3.59. The molecule has 1 atom stereocenters. The van der Waals surface area contributed by atoms with E-state index in [1.54, 1.807) is 0 Å². The number of carbonyl (C=O) groups is 1. The lowest BCUT2D eigenvalue weighted by Crippen LogP contribution is -2.40. The quantitative estimate of drug-likeness (QED) is 0.898. The second-order valence-electron chi connectivity index (χ2n) is 4.31. The van der Waals surface area contributed by atoms with Crippen molar-refractivity contribution in [2.75, 3.05) is 13.1 Å². The fraction of sp³-hybridized carbons (Fsp3) is 0.462. The molecule has 94 valence electrons. The van der Waals surface area contributed by atoms with Gasteiger partial charge in [0.05, 0.1) is 0 Å². The highest BCUT2D eigenvalue weighted by atomic mass is 35.5. The summed E-state index contributed by atoms with van der Waals surface area (Å²) >= 11 is 0. The van der Waals surface area contributed by atoms with Crippen LogP contribution in [0.2, 0.25) is 0 Å². The number of nitrogens with zero attached hydrogens (tertiary/aromatic N) is 1. The van der Waals surface area contributed by atoms with Gasteiger partial charge in [0.15, 0.2) is 0 Å². The Kier molecular flexibility index (Phi) is 5.45. The second-order valence-corrected chi connectivity index (χ2v) is 4.31. The molecular formula is C13H19ClN2O. The number of likely N-dealkylation sites (tertiary alicyclic amines) is 1. The molecule has 2 N–H and O–H groups in total. The van der Waals surface area contributed by atoms with Crippen LogP contribution in [-0.4, -0.2) is 23.9 Å². The van der Waals surface area contributed by atoms with Gasteiger partial charge in [0.1, 0.15) is 6.04 Å². The number of benzene rings is 1. The lowest BCUT2D eigenvalue weighted by atomic mass is 10.0. The lowest BCUT2D eigenvalue weighted by Gasteiger charge is -2.32. The number of amides is 1. The predicted octanol–water partition coefficient (Wildman–Crippen LogP) is 2.12. The molecule has 0 aromatic heterocycles. The highest BCUT2D eigenvalue weighted by Crippen LogP contribution is 2.23. The Hall–Kier alpha value is -1.06. The minimum absolute atomic E-state index is 0. The van der Waals surface area contributed by atoms with Gasteiger partial charge in [0, 0.05) is 0 Å². The van der Waals surface area contributed by atoms with E-state index < -0.39 is 0 Å². The lowest BCUT2D eigenvalue weighted by molar-refractivity contribution is -0.123. The third kappa shape index (κ3) is 3.45. The first-order valence-corrected chi connectivity index (χ1v) is 5.87. The molecule has 1 amide bonds. The molecule has 0 spiro atoms. The third-order valence-corrected chi connectivity index (χ3v) is 3.14. The van der Waals surface area contributed by atoms with Crippen LogP contribution in [0.1, 0.15) is 30.9 Å². The van der Waals surface area contributed by atoms with Crippen LogP contribution >= 0.6 is 12.4 Å². The minimum atomic E-state index is -0.249. The molecule has 0 aliphatic carbocycles. The van der Waals surface area contributed by atoms with Gasteiger partial charge in [-0.2, -0.15) is 0 Å². The SMILES string of the molecule is Cl.NC(=O)C(c1ccccc1)N1CCCCC1. The fourth-order valence-corrected chi connectivity index (χ4v) is 2.37. The van der Waals surface area contributed by atoms with Gasteiger partial charge in [-0.1, -0.05) is 36.8 Å². The van der Waals surface area contributed by atoms with Crippen molar-refractivity contribution < 1.29 is 4.79 Å². The number of hydrogen-bond acceptors (Lipinski definition) is 2. The van der Waals surface area contributed by atoms with E-state index in [-0.39, 0.29) is 24.4 Å². The molecule has 1 fully saturated rings. The maximum atomic E-state index is 11.6. The number of rotatable bonds is 3. The summed E-state index contributed by atoms with van der Waals surface area (Å²) in [7, 11) is 0. The molecular weight excluding hydrogens is 236 g/mol. The Balaban J connectivity index is 0.00000144. The van der Waals surface area contributed by atoms with Gasteiger partial charge in [-0.3, -0.25) is 9.69 Å². The number of primary amides is 1. The molecule has 3 nitrogen and oxygen atoms in total. The summed E-state index contributed by atoms with van der Waals surface area (Å²) < 4.78 is 0. The molecule has 2 rings (SSSR count). The van der Waals surface area contributed by atoms with Gasteiger partial charge in [-0.05, 0) is 31.5 Å². The van der Waals surface area contributed by atoms with Crippen LogP contribution in [0.4, 0.5) is 0 Å². The van der Waals surface area contributed by atoms with Crippen molar-refractivity contribution in [2.45, 2.75) is 25.3 Å². The molecule has 1 aromatic carbocycles. The molecule has 1 aliphatic rings. The normalized spacial score (nSPS) is 18.1. The van der Waals surface area contributed by atoms with Crippen LogP contribution < -0.4 is 5.73 Å². The molecule has 4 heteroatoms. The molecule has 1 heterocycles. The highest BCUT2D eigenvalue weighted by Gasteiger charge is 2.26. The van der Waals surface area contributed by atoms with E-state index in [0.717, 1.165) is 31.5 Å². The number of nitrogens with two attached hydrogens (primary N) is 1. The minimum Gasteiger partial charge on any atom is -0.368 e. The number of carbonyl (C=O) groups excluding carboxylic acids is 1. The van der Waals surface area contributed by atoms with Gasteiger partial charge in [-0.25, -0.2) is 0 Å².